The van der Waals surface area contributed by atoms with E-state index in [0.717, 1.165) is 47.7 Å². The zero-order valence-electron chi connectivity index (χ0n) is 22.2. The number of rotatable bonds is 7. The second-order valence-corrected chi connectivity index (χ2v) is 10.2. The predicted molar refractivity (Wildman–Crippen MR) is 152 cm³/mol. The number of hydrogen-bond acceptors (Lipinski definition) is 7. The highest BCUT2D eigenvalue weighted by atomic mass is 16.5. The minimum atomic E-state index is -0.0882. The Balaban J connectivity index is 1.20. The van der Waals surface area contributed by atoms with Crippen LogP contribution in [-0.2, 0) is 11.3 Å². The van der Waals surface area contributed by atoms with E-state index in [4.69, 9.17) is 14.7 Å². The van der Waals surface area contributed by atoms with Crippen LogP contribution in [0.1, 0.15) is 24.0 Å². The number of benzene rings is 2. The van der Waals surface area contributed by atoms with Crippen molar-refractivity contribution in [1.29, 1.82) is 0 Å². The molecular formula is C29H34N8O2. The largest absolute Gasteiger partial charge is 0.376 e. The van der Waals surface area contributed by atoms with Crippen molar-refractivity contribution in [1.82, 2.24) is 24.4 Å². The van der Waals surface area contributed by atoms with Crippen molar-refractivity contribution < 1.29 is 9.53 Å². The van der Waals surface area contributed by atoms with Gasteiger partial charge in [0.1, 0.15) is 0 Å². The molecule has 202 valence electrons. The Morgan fingerprint density at radius 2 is 1.82 bits per heavy atom. The van der Waals surface area contributed by atoms with Crippen LogP contribution in [0, 0.1) is 6.92 Å². The summed E-state index contributed by atoms with van der Waals surface area (Å²) < 4.78 is 7.88. The quantitative estimate of drug-likeness (QED) is 0.374. The highest BCUT2D eigenvalue weighted by Crippen LogP contribution is 2.25. The van der Waals surface area contributed by atoms with Gasteiger partial charge in [-0.15, -0.1) is 0 Å². The normalized spacial score (nSPS) is 17.5. The molecule has 0 aliphatic carbocycles. The van der Waals surface area contributed by atoms with Crippen LogP contribution in [0.15, 0.2) is 60.9 Å². The molecular weight excluding hydrogens is 492 g/mol. The topological polar surface area (TPSA) is 100 Å². The van der Waals surface area contributed by atoms with Crippen molar-refractivity contribution in [2.24, 2.45) is 0 Å². The second kappa shape index (κ2) is 11.3. The summed E-state index contributed by atoms with van der Waals surface area (Å²) in [6.07, 6.45) is 4.15. The predicted octanol–water partition coefficient (Wildman–Crippen LogP) is 4.13. The molecule has 4 heterocycles. The molecule has 2 aliphatic heterocycles. The molecule has 2 fully saturated rings. The summed E-state index contributed by atoms with van der Waals surface area (Å²) in [5.74, 6) is 1.36. The first-order valence-corrected chi connectivity index (χ1v) is 13.6. The lowest BCUT2D eigenvalue weighted by atomic mass is 10.2. The van der Waals surface area contributed by atoms with Crippen molar-refractivity contribution in [2.75, 3.05) is 54.9 Å². The summed E-state index contributed by atoms with van der Waals surface area (Å²) in [7, 11) is 0. The smallest absolute Gasteiger partial charge is 0.321 e. The molecule has 10 heteroatoms. The SMILES string of the molecule is Cc1ccc(NC(=O)N2CCN(c3nc(NCC4CCCO4)c4ncn(Cc5ccccc5)c4n3)CC2)cc1. The van der Waals surface area contributed by atoms with Gasteiger partial charge in [-0.25, -0.2) is 9.78 Å². The van der Waals surface area contributed by atoms with Crippen LogP contribution in [0.5, 0.6) is 0 Å². The fourth-order valence-corrected chi connectivity index (χ4v) is 5.06. The Morgan fingerprint density at radius 3 is 2.56 bits per heavy atom. The molecule has 2 amide bonds. The van der Waals surface area contributed by atoms with Crippen molar-refractivity contribution in [2.45, 2.75) is 32.4 Å². The molecule has 4 aromatic rings. The Bertz CT molecular complexity index is 1410. The molecule has 39 heavy (non-hydrogen) atoms. The van der Waals surface area contributed by atoms with Crippen molar-refractivity contribution in [3.8, 4) is 0 Å². The lowest BCUT2D eigenvalue weighted by molar-refractivity contribution is 0.120. The van der Waals surface area contributed by atoms with E-state index in [1.807, 2.05) is 60.6 Å². The highest BCUT2D eigenvalue weighted by Gasteiger charge is 2.25. The Kier molecular flexibility index (Phi) is 7.27. The third-order valence-corrected chi connectivity index (χ3v) is 7.32. The zero-order chi connectivity index (χ0) is 26.6. The number of anilines is 3. The van der Waals surface area contributed by atoms with Crippen LogP contribution in [0.3, 0.4) is 0 Å². The van der Waals surface area contributed by atoms with E-state index in [9.17, 15) is 4.79 Å². The summed E-state index contributed by atoms with van der Waals surface area (Å²) in [5.41, 5.74) is 4.69. The molecule has 0 spiro atoms. The molecule has 1 unspecified atom stereocenters. The maximum Gasteiger partial charge on any atom is 0.321 e. The van der Waals surface area contributed by atoms with Gasteiger partial charge >= 0.3 is 6.03 Å². The van der Waals surface area contributed by atoms with Gasteiger partial charge in [-0.3, -0.25) is 0 Å². The van der Waals surface area contributed by atoms with Gasteiger partial charge in [0.05, 0.1) is 19.0 Å². The first kappa shape index (κ1) is 25.1. The minimum absolute atomic E-state index is 0.0882. The van der Waals surface area contributed by atoms with Crippen LogP contribution in [0.4, 0.5) is 22.2 Å². The first-order valence-electron chi connectivity index (χ1n) is 13.6. The van der Waals surface area contributed by atoms with Crippen molar-refractivity contribution in [3.05, 3.63) is 72.1 Å². The number of carbonyl (C=O) groups excluding carboxylic acids is 1. The number of hydrogen-bond donors (Lipinski definition) is 2. The Morgan fingerprint density at radius 1 is 1.03 bits per heavy atom. The van der Waals surface area contributed by atoms with E-state index in [2.05, 4.69) is 37.2 Å². The van der Waals surface area contributed by atoms with Crippen LogP contribution >= 0.6 is 0 Å². The van der Waals surface area contributed by atoms with Crippen LogP contribution in [0.25, 0.3) is 11.2 Å². The second-order valence-electron chi connectivity index (χ2n) is 10.2. The van der Waals surface area contributed by atoms with Gasteiger partial charge in [0.2, 0.25) is 5.95 Å². The number of imidazole rings is 1. The average Bonchev–Trinajstić information content (AvgIpc) is 3.64. The van der Waals surface area contributed by atoms with Gasteiger partial charge in [0, 0.05) is 45.0 Å². The maximum absolute atomic E-state index is 12.9. The number of nitrogens with one attached hydrogen (secondary N) is 2. The molecule has 10 nitrogen and oxygen atoms in total. The molecule has 0 bridgehead atoms. The fourth-order valence-electron chi connectivity index (χ4n) is 5.06. The molecule has 2 aromatic carbocycles. The standard InChI is InChI=1S/C29H34N8O2/c1-21-9-11-23(12-10-21)32-29(38)36-15-13-35(14-16-36)28-33-26(30-18-24-8-5-17-39-24)25-27(34-28)37(20-31-25)19-22-6-3-2-4-7-22/h2-4,6-7,9-12,20,24H,5,8,13-19H2,1H3,(H,32,38)(H,30,33,34). The number of carbonyl (C=O) groups is 1. The molecule has 2 saturated heterocycles. The zero-order valence-corrected chi connectivity index (χ0v) is 22.2. The van der Waals surface area contributed by atoms with E-state index < -0.39 is 0 Å². The third kappa shape index (κ3) is 5.80. The van der Waals surface area contributed by atoms with Crippen LogP contribution in [0.2, 0.25) is 0 Å². The number of aryl methyl sites for hydroxylation is 1. The van der Waals surface area contributed by atoms with Gasteiger partial charge in [0.15, 0.2) is 17.0 Å². The number of fused-ring (bicyclic) bond motifs is 1. The molecule has 2 N–H and O–H groups in total. The number of urea groups is 1. The molecule has 0 saturated carbocycles. The summed E-state index contributed by atoms with van der Waals surface area (Å²) in [6, 6.07) is 18.1. The number of piperazine rings is 1. The van der Waals surface area contributed by atoms with Gasteiger partial charge in [-0.2, -0.15) is 9.97 Å². The summed E-state index contributed by atoms with van der Waals surface area (Å²) >= 11 is 0. The van der Waals surface area contributed by atoms with Crippen molar-refractivity contribution >= 4 is 34.6 Å². The highest BCUT2D eigenvalue weighted by molar-refractivity contribution is 5.89. The number of amides is 2. The van der Waals surface area contributed by atoms with Gasteiger partial charge in [-0.1, -0.05) is 48.0 Å². The molecule has 1 atom stereocenters. The van der Waals surface area contributed by atoms with Crippen LogP contribution in [-0.4, -0.2) is 75.9 Å². The Labute approximate surface area is 228 Å². The van der Waals surface area contributed by atoms with E-state index >= 15 is 0 Å². The van der Waals surface area contributed by atoms with E-state index in [-0.39, 0.29) is 12.1 Å². The molecule has 0 radical (unpaired) electrons. The molecule has 2 aliphatic rings. The van der Waals surface area contributed by atoms with Gasteiger partial charge in [0.25, 0.3) is 0 Å². The van der Waals surface area contributed by atoms with Gasteiger partial charge < -0.3 is 29.7 Å². The maximum atomic E-state index is 12.9. The van der Waals surface area contributed by atoms with E-state index in [1.54, 1.807) is 0 Å². The molecule has 6 rings (SSSR count). The van der Waals surface area contributed by atoms with E-state index in [0.29, 0.717) is 45.2 Å². The fraction of sp³-hybridized carbons (Fsp3) is 0.379. The average molecular weight is 527 g/mol. The molecule has 2 aromatic heterocycles. The number of aromatic nitrogens is 4. The summed E-state index contributed by atoms with van der Waals surface area (Å²) in [4.78, 5) is 31.4. The lowest BCUT2D eigenvalue weighted by Crippen LogP contribution is -2.50. The number of ether oxygens (including phenoxy) is 1. The lowest BCUT2D eigenvalue weighted by Gasteiger charge is -2.34. The first-order chi connectivity index (χ1) is 19.1. The van der Waals surface area contributed by atoms with Crippen molar-refractivity contribution in [3.63, 3.8) is 0 Å². The Hall–Kier alpha value is -4.18. The van der Waals surface area contributed by atoms with Gasteiger partial charge in [-0.05, 0) is 37.5 Å². The summed E-state index contributed by atoms with van der Waals surface area (Å²) in [5, 5.41) is 6.49. The van der Waals surface area contributed by atoms with Crippen LogP contribution < -0.4 is 15.5 Å². The number of nitrogens with zero attached hydrogens (tertiary/aromatic N) is 6. The minimum Gasteiger partial charge on any atom is -0.376 e. The summed E-state index contributed by atoms with van der Waals surface area (Å²) in [6.45, 7) is 6.65. The third-order valence-electron chi connectivity index (χ3n) is 7.32. The van der Waals surface area contributed by atoms with E-state index in [1.165, 1.54) is 5.56 Å². The monoisotopic (exact) mass is 526 g/mol.